The van der Waals surface area contributed by atoms with E-state index in [1.54, 1.807) is 0 Å². The summed E-state index contributed by atoms with van der Waals surface area (Å²) in [4.78, 5) is 17.0. The fourth-order valence-electron chi connectivity index (χ4n) is 5.07. The van der Waals surface area contributed by atoms with Crippen molar-refractivity contribution < 1.29 is 9.90 Å². The van der Waals surface area contributed by atoms with Crippen molar-refractivity contribution >= 4 is 5.91 Å². The van der Waals surface area contributed by atoms with Crippen LogP contribution in [0.25, 0.3) is 0 Å². The van der Waals surface area contributed by atoms with Gasteiger partial charge in [-0.1, -0.05) is 0 Å². The van der Waals surface area contributed by atoms with Gasteiger partial charge in [-0.2, -0.15) is 0 Å². The number of carbonyl (C=O) groups excluding carboxylic acids is 1. The van der Waals surface area contributed by atoms with Gasteiger partial charge < -0.3 is 10.0 Å². The van der Waals surface area contributed by atoms with E-state index in [0.717, 1.165) is 45.3 Å². The molecule has 19 heavy (non-hydrogen) atoms. The second-order valence-electron chi connectivity index (χ2n) is 7.00. The van der Waals surface area contributed by atoms with Crippen LogP contribution in [0.4, 0.5) is 0 Å². The largest absolute Gasteiger partial charge is 0.393 e. The molecule has 4 fully saturated rings. The Morgan fingerprint density at radius 2 is 1.89 bits per heavy atom. The number of rotatable bonds is 0. The van der Waals surface area contributed by atoms with Gasteiger partial charge in [0, 0.05) is 38.1 Å². The van der Waals surface area contributed by atoms with Gasteiger partial charge in [-0.15, -0.1) is 0 Å². The second-order valence-corrected chi connectivity index (χ2v) is 7.00. The van der Waals surface area contributed by atoms with Gasteiger partial charge >= 0.3 is 0 Å². The van der Waals surface area contributed by atoms with Crippen LogP contribution >= 0.6 is 0 Å². The third-order valence-electron chi connectivity index (χ3n) is 5.94. The Kier molecular flexibility index (Phi) is 2.85. The molecule has 0 aromatic rings. The van der Waals surface area contributed by atoms with Crippen molar-refractivity contribution in [2.24, 2.45) is 11.8 Å². The Hall–Kier alpha value is -0.610. The van der Waals surface area contributed by atoms with Crippen molar-refractivity contribution in [1.29, 1.82) is 0 Å². The highest BCUT2D eigenvalue weighted by atomic mass is 16.3. The second kappa shape index (κ2) is 4.45. The molecule has 2 bridgehead atoms. The van der Waals surface area contributed by atoms with Crippen LogP contribution in [0, 0.1) is 11.8 Å². The van der Waals surface area contributed by atoms with Crippen molar-refractivity contribution in [2.75, 3.05) is 19.6 Å². The highest BCUT2D eigenvalue weighted by molar-refractivity contribution is 5.77. The number of nitrogens with zero attached hydrogens (tertiary/aromatic N) is 2. The first-order chi connectivity index (χ1) is 9.22. The summed E-state index contributed by atoms with van der Waals surface area (Å²) in [6, 6.07) is 1.04. The summed E-state index contributed by atoms with van der Waals surface area (Å²) in [5, 5.41) is 9.92. The molecule has 4 aliphatic heterocycles. The van der Waals surface area contributed by atoms with Crippen LogP contribution in [0.1, 0.15) is 38.5 Å². The maximum atomic E-state index is 12.1. The predicted molar refractivity (Wildman–Crippen MR) is 71.6 cm³/mol. The minimum Gasteiger partial charge on any atom is -0.393 e. The molecule has 4 aliphatic rings. The third kappa shape index (κ3) is 1.91. The SMILES string of the molecule is O=C1CCC[C@@H]2C3C[C@H](CN12)[C@@H]1C[C@H](O)CCN1C3. The lowest BCUT2D eigenvalue weighted by atomic mass is 9.70. The van der Waals surface area contributed by atoms with Gasteiger partial charge in [0.15, 0.2) is 0 Å². The molecule has 5 atom stereocenters. The Bertz CT molecular complexity index is 386. The van der Waals surface area contributed by atoms with Crippen LogP contribution in [-0.2, 0) is 4.79 Å². The molecule has 1 unspecified atom stereocenters. The number of aliphatic hydroxyl groups is 1. The van der Waals surface area contributed by atoms with Crippen LogP contribution in [0.2, 0.25) is 0 Å². The van der Waals surface area contributed by atoms with Gasteiger partial charge in [0.2, 0.25) is 5.91 Å². The summed E-state index contributed by atoms with van der Waals surface area (Å²) in [6.07, 6.45) is 6.07. The molecule has 1 N–H and O–H groups in total. The smallest absolute Gasteiger partial charge is 0.222 e. The molecule has 0 aromatic heterocycles. The molecule has 0 spiro atoms. The minimum absolute atomic E-state index is 0.118. The average Bonchev–Trinajstić information content (AvgIpc) is 2.41. The zero-order chi connectivity index (χ0) is 13.0. The number of piperidine rings is 4. The van der Waals surface area contributed by atoms with Gasteiger partial charge in [0.1, 0.15) is 0 Å². The van der Waals surface area contributed by atoms with Crippen LogP contribution in [0.15, 0.2) is 0 Å². The molecule has 0 saturated carbocycles. The van der Waals surface area contributed by atoms with E-state index in [1.165, 1.54) is 12.8 Å². The quantitative estimate of drug-likeness (QED) is 0.705. The molecule has 0 radical (unpaired) electrons. The fourth-order valence-corrected chi connectivity index (χ4v) is 5.07. The summed E-state index contributed by atoms with van der Waals surface area (Å²) in [7, 11) is 0. The lowest BCUT2D eigenvalue weighted by Crippen LogP contribution is -2.65. The van der Waals surface area contributed by atoms with Crippen LogP contribution < -0.4 is 0 Å². The first kappa shape index (κ1) is 12.2. The molecular weight excluding hydrogens is 240 g/mol. The van der Waals surface area contributed by atoms with Crippen molar-refractivity contribution in [2.45, 2.75) is 56.7 Å². The number of hydrogen-bond donors (Lipinski definition) is 1. The Balaban J connectivity index is 1.58. The Labute approximate surface area is 114 Å². The van der Waals surface area contributed by atoms with Crippen molar-refractivity contribution in [3.8, 4) is 0 Å². The highest BCUT2D eigenvalue weighted by Gasteiger charge is 2.48. The summed E-state index contributed by atoms with van der Waals surface area (Å²) < 4.78 is 0. The van der Waals surface area contributed by atoms with E-state index in [4.69, 9.17) is 0 Å². The fraction of sp³-hybridized carbons (Fsp3) is 0.933. The van der Waals surface area contributed by atoms with Gasteiger partial charge in [0.25, 0.3) is 0 Å². The first-order valence-electron chi connectivity index (χ1n) is 7.94. The molecule has 4 nitrogen and oxygen atoms in total. The van der Waals surface area contributed by atoms with Gasteiger partial charge in [-0.25, -0.2) is 0 Å². The van der Waals surface area contributed by atoms with Crippen molar-refractivity contribution in [1.82, 2.24) is 9.80 Å². The van der Waals surface area contributed by atoms with E-state index in [1.807, 2.05) is 0 Å². The van der Waals surface area contributed by atoms with Crippen molar-refractivity contribution in [3.63, 3.8) is 0 Å². The number of hydrogen-bond acceptors (Lipinski definition) is 3. The highest BCUT2D eigenvalue weighted by Crippen LogP contribution is 2.42. The maximum absolute atomic E-state index is 12.1. The van der Waals surface area contributed by atoms with E-state index in [-0.39, 0.29) is 6.10 Å². The lowest BCUT2D eigenvalue weighted by Gasteiger charge is -2.57. The Morgan fingerprint density at radius 3 is 2.79 bits per heavy atom. The predicted octanol–water partition coefficient (Wildman–Crippen LogP) is 0.843. The Morgan fingerprint density at radius 1 is 1.05 bits per heavy atom. The average molecular weight is 264 g/mol. The van der Waals surface area contributed by atoms with Crippen LogP contribution in [0.5, 0.6) is 0 Å². The summed E-state index contributed by atoms with van der Waals surface area (Å²) in [6.45, 7) is 3.16. The summed E-state index contributed by atoms with van der Waals surface area (Å²) in [5.41, 5.74) is 0. The van der Waals surface area contributed by atoms with Crippen LogP contribution in [-0.4, -0.2) is 58.6 Å². The van der Waals surface area contributed by atoms with Gasteiger partial charge in [-0.05, 0) is 43.9 Å². The van der Waals surface area contributed by atoms with Gasteiger partial charge in [0.05, 0.1) is 6.10 Å². The molecule has 106 valence electrons. The molecule has 0 aliphatic carbocycles. The normalized spacial score (nSPS) is 46.7. The molecule has 1 amide bonds. The standard InChI is InChI=1S/C15H24N2O2/c18-12-4-5-16-8-10-6-11(14(16)7-12)9-17-13(10)2-1-3-15(17)19/h10-14,18H,1-9H2/t10?,11-,12-,13-,14+/m1/s1. The molecule has 0 aromatic carbocycles. The summed E-state index contributed by atoms with van der Waals surface area (Å²) >= 11 is 0. The molecule has 4 heterocycles. The first-order valence-corrected chi connectivity index (χ1v) is 7.94. The molecule has 4 rings (SSSR count). The van der Waals surface area contributed by atoms with E-state index in [2.05, 4.69) is 9.80 Å². The monoisotopic (exact) mass is 264 g/mol. The van der Waals surface area contributed by atoms with E-state index in [0.29, 0.717) is 29.8 Å². The zero-order valence-corrected chi connectivity index (χ0v) is 11.5. The van der Waals surface area contributed by atoms with Crippen molar-refractivity contribution in [3.05, 3.63) is 0 Å². The number of aliphatic hydroxyl groups excluding tert-OH is 1. The number of carbonyl (C=O) groups is 1. The molecule has 4 heteroatoms. The zero-order valence-electron chi connectivity index (χ0n) is 11.5. The minimum atomic E-state index is -0.118. The van der Waals surface area contributed by atoms with E-state index in [9.17, 15) is 9.90 Å². The maximum Gasteiger partial charge on any atom is 0.222 e. The lowest BCUT2D eigenvalue weighted by molar-refractivity contribution is -0.150. The van der Waals surface area contributed by atoms with Crippen LogP contribution in [0.3, 0.4) is 0 Å². The van der Waals surface area contributed by atoms with E-state index >= 15 is 0 Å². The van der Waals surface area contributed by atoms with E-state index < -0.39 is 0 Å². The molecule has 4 saturated heterocycles. The van der Waals surface area contributed by atoms with Gasteiger partial charge in [-0.3, -0.25) is 9.69 Å². The topological polar surface area (TPSA) is 43.8 Å². The number of amides is 1. The summed E-state index contributed by atoms with van der Waals surface area (Å²) in [5.74, 6) is 1.68. The third-order valence-corrected chi connectivity index (χ3v) is 5.94. The molecular formula is C15H24N2O2. The number of fused-ring (bicyclic) bond motifs is 6.